The van der Waals surface area contributed by atoms with Crippen molar-refractivity contribution in [2.24, 2.45) is 7.05 Å². The van der Waals surface area contributed by atoms with Crippen molar-refractivity contribution in [3.8, 4) is 28.7 Å². The largest absolute Gasteiger partial charge is 0.480 e. The number of hydrogen-bond acceptors (Lipinski definition) is 8. The van der Waals surface area contributed by atoms with Gasteiger partial charge in [-0.1, -0.05) is 6.07 Å². The zero-order chi connectivity index (χ0) is 30.0. The van der Waals surface area contributed by atoms with Gasteiger partial charge in [-0.2, -0.15) is 8.78 Å². The van der Waals surface area contributed by atoms with E-state index in [1.807, 2.05) is 0 Å². The van der Waals surface area contributed by atoms with Crippen LogP contribution in [0.1, 0.15) is 55.5 Å². The summed E-state index contributed by atoms with van der Waals surface area (Å²) in [6.45, 7) is 0.987. The molecule has 222 valence electrons. The average Bonchev–Trinajstić information content (AvgIpc) is 3.91. The molecule has 4 heterocycles. The Morgan fingerprint density at radius 2 is 1.88 bits per heavy atom. The van der Waals surface area contributed by atoms with Gasteiger partial charge in [0.25, 0.3) is 5.92 Å². The van der Waals surface area contributed by atoms with Gasteiger partial charge >= 0.3 is 0 Å². The Hall–Kier alpha value is -4.55. The lowest BCUT2D eigenvalue weighted by Gasteiger charge is -2.36. The minimum absolute atomic E-state index is 0.0511. The van der Waals surface area contributed by atoms with E-state index in [1.54, 1.807) is 36.2 Å². The van der Waals surface area contributed by atoms with Gasteiger partial charge in [0, 0.05) is 38.7 Å². The number of amides is 1. The fourth-order valence-corrected chi connectivity index (χ4v) is 5.60. The highest BCUT2D eigenvalue weighted by atomic mass is 19.3. The number of rotatable bonds is 8. The second kappa shape index (κ2) is 10.0. The number of methoxy groups -OCH3 is 1. The van der Waals surface area contributed by atoms with Gasteiger partial charge in [0.15, 0.2) is 11.6 Å². The van der Waals surface area contributed by atoms with Crippen LogP contribution >= 0.6 is 0 Å². The molecule has 0 bridgehead atoms. The molecule has 43 heavy (non-hydrogen) atoms. The van der Waals surface area contributed by atoms with Crippen LogP contribution in [-0.4, -0.2) is 55.1 Å². The second-order valence-electron chi connectivity index (χ2n) is 11.4. The third kappa shape index (κ3) is 4.96. The van der Waals surface area contributed by atoms with E-state index in [0.717, 1.165) is 38.3 Å². The predicted molar refractivity (Wildman–Crippen MR) is 151 cm³/mol. The van der Waals surface area contributed by atoms with Gasteiger partial charge in [-0.05, 0) is 43.4 Å². The SMILES string of the molecule is COc1ncnc(C2CC2)c1-c1ncc2c(n1)N(Cc1ccc(-c3nc(C(C)(F)F)cn3C)c(F)c1)CC(=O)N2C1CC1. The Labute approximate surface area is 245 Å². The van der Waals surface area contributed by atoms with Crippen LogP contribution in [0.5, 0.6) is 5.88 Å². The maximum absolute atomic E-state index is 15.4. The van der Waals surface area contributed by atoms with Gasteiger partial charge in [-0.3, -0.25) is 4.79 Å². The number of aromatic nitrogens is 6. The van der Waals surface area contributed by atoms with Crippen LogP contribution in [0, 0.1) is 5.82 Å². The summed E-state index contributed by atoms with van der Waals surface area (Å²) in [6.07, 6.45) is 8.17. The molecule has 13 heteroatoms. The molecule has 0 spiro atoms. The predicted octanol–water partition coefficient (Wildman–Crippen LogP) is 4.99. The summed E-state index contributed by atoms with van der Waals surface area (Å²) >= 11 is 0. The summed E-state index contributed by atoms with van der Waals surface area (Å²) in [5.41, 5.74) is 2.31. The summed E-state index contributed by atoms with van der Waals surface area (Å²) in [4.78, 5) is 39.3. The first-order valence-electron chi connectivity index (χ1n) is 14.2. The van der Waals surface area contributed by atoms with Crippen molar-refractivity contribution in [2.45, 2.75) is 57.0 Å². The molecule has 4 aromatic rings. The summed E-state index contributed by atoms with van der Waals surface area (Å²) in [6, 6.07) is 4.67. The molecule has 0 atom stereocenters. The Balaban J connectivity index is 1.26. The molecule has 1 aliphatic heterocycles. The van der Waals surface area contributed by atoms with Crippen LogP contribution in [0.2, 0.25) is 0 Å². The highest BCUT2D eigenvalue weighted by molar-refractivity contribution is 6.03. The fourth-order valence-electron chi connectivity index (χ4n) is 5.60. The number of nitrogens with zero attached hydrogens (tertiary/aromatic N) is 8. The number of aryl methyl sites for hydroxylation is 1. The maximum atomic E-state index is 15.4. The standard InChI is InChI=1S/C30H29F3N8O2/c1-30(32,33)22-13-39(2)27(37-22)19-9-4-16(10-20(19)31)12-40-14-23(42)41(18-7-8-18)21-11-34-26(38-28(21)40)24-25(17-5-6-17)35-15-36-29(24)43-3/h4,9-11,13,15,17-18H,5-8,12,14H2,1-3H3. The van der Waals surface area contributed by atoms with Crippen molar-refractivity contribution in [1.82, 2.24) is 29.5 Å². The lowest BCUT2D eigenvalue weighted by molar-refractivity contribution is -0.117. The van der Waals surface area contributed by atoms with Gasteiger partial charge < -0.3 is 19.1 Å². The maximum Gasteiger partial charge on any atom is 0.288 e. The van der Waals surface area contributed by atoms with Crippen LogP contribution < -0.4 is 14.5 Å². The smallest absolute Gasteiger partial charge is 0.288 e. The molecular formula is C30H29F3N8O2. The van der Waals surface area contributed by atoms with E-state index in [2.05, 4.69) is 19.9 Å². The monoisotopic (exact) mass is 590 g/mol. The third-order valence-corrected chi connectivity index (χ3v) is 8.01. The van der Waals surface area contributed by atoms with Crippen LogP contribution in [0.25, 0.3) is 22.8 Å². The first kappa shape index (κ1) is 27.3. The Morgan fingerprint density at radius 3 is 2.53 bits per heavy atom. The number of imidazole rings is 1. The molecule has 3 aromatic heterocycles. The number of ether oxygens (including phenoxy) is 1. The second-order valence-corrected chi connectivity index (χ2v) is 11.4. The molecule has 2 fully saturated rings. The van der Waals surface area contributed by atoms with E-state index in [-0.39, 0.29) is 42.3 Å². The number of carbonyl (C=O) groups excluding carboxylic acids is 1. The van der Waals surface area contributed by atoms with E-state index < -0.39 is 17.4 Å². The molecule has 7 rings (SSSR count). The van der Waals surface area contributed by atoms with Gasteiger partial charge in [0.05, 0.1) is 31.1 Å². The van der Waals surface area contributed by atoms with Crippen LogP contribution in [0.4, 0.5) is 24.7 Å². The fraction of sp³-hybridized carbons (Fsp3) is 0.400. The van der Waals surface area contributed by atoms with Crippen molar-refractivity contribution in [1.29, 1.82) is 0 Å². The molecule has 10 nitrogen and oxygen atoms in total. The highest BCUT2D eigenvalue weighted by Crippen LogP contribution is 2.46. The Bertz CT molecular complexity index is 1750. The average molecular weight is 591 g/mol. The first-order valence-corrected chi connectivity index (χ1v) is 14.2. The van der Waals surface area contributed by atoms with Crippen molar-refractivity contribution in [3.05, 3.63) is 59.7 Å². The number of hydrogen-bond donors (Lipinski definition) is 0. The Kier molecular flexibility index (Phi) is 6.36. The molecular weight excluding hydrogens is 561 g/mol. The van der Waals surface area contributed by atoms with E-state index in [1.165, 1.54) is 29.2 Å². The lowest BCUT2D eigenvalue weighted by atomic mass is 10.1. The third-order valence-electron chi connectivity index (χ3n) is 8.01. The van der Waals surface area contributed by atoms with Crippen molar-refractivity contribution in [3.63, 3.8) is 0 Å². The molecule has 0 radical (unpaired) electrons. The summed E-state index contributed by atoms with van der Waals surface area (Å²) in [7, 11) is 3.09. The number of benzene rings is 1. The molecule has 2 saturated carbocycles. The molecule has 0 N–H and O–H groups in total. The highest BCUT2D eigenvalue weighted by Gasteiger charge is 2.41. The number of fused-ring (bicyclic) bond motifs is 1. The van der Waals surface area contributed by atoms with Gasteiger partial charge in [-0.15, -0.1) is 0 Å². The number of anilines is 2. The van der Waals surface area contributed by atoms with Crippen LogP contribution in [-0.2, 0) is 24.3 Å². The summed E-state index contributed by atoms with van der Waals surface area (Å²) in [5.74, 6) is -2.13. The van der Waals surface area contributed by atoms with Crippen LogP contribution in [0.15, 0.2) is 36.9 Å². The van der Waals surface area contributed by atoms with E-state index in [9.17, 15) is 13.6 Å². The topological polar surface area (TPSA) is 102 Å². The lowest BCUT2D eigenvalue weighted by Crippen LogP contribution is -2.47. The number of carbonyl (C=O) groups is 1. The molecule has 0 unspecified atom stereocenters. The van der Waals surface area contributed by atoms with Crippen molar-refractivity contribution < 1.29 is 22.7 Å². The van der Waals surface area contributed by atoms with E-state index >= 15 is 4.39 Å². The minimum Gasteiger partial charge on any atom is -0.480 e. The first-order chi connectivity index (χ1) is 20.6. The Morgan fingerprint density at radius 1 is 1.09 bits per heavy atom. The zero-order valence-electron chi connectivity index (χ0n) is 23.9. The molecule has 1 aromatic carbocycles. The molecule has 1 amide bonds. The number of alkyl halides is 2. The van der Waals surface area contributed by atoms with Crippen molar-refractivity contribution >= 4 is 17.4 Å². The zero-order valence-corrected chi connectivity index (χ0v) is 23.9. The minimum atomic E-state index is -3.15. The molecule has 3 aliphatic rings. The van der Waals surface area contributed by atoms with Crippen molar-refractivity contribution in [2.75, 3.05) is 23.5 Å². The van der Waals surface area contributed by atoms with Gasteiger partial charge in [-0.25, -0.2) is 29.3 Å². The quantitative estimate of drug-likeness (QED) is 0.283. The van der Waals surface area contributed by atoms with Gasteiger partial charge in [0.2, 0.25) is 11.8 Å². The molecule has 2 aliphatic carbocycles. The van der Waals surface area contributed by atoms with Crippen LogP contribution in [0.3, 0.4) is 0 Å². The number of halogens is 3. The van der Waals surface area contributed by atoms with E-state index in [0.29, 0.717) is 34.3 Å². The molecule has 0 saturated heterocycles. The summed E-state index contributed by atoms with van der Waals surface area (Å²) < 4.78 is 50.0. The van der Waals surface area contributed by atoms with Gasteiger partial charge in [0.1, 0.15) is 34.9 Å². The normalized spacial score (nSPS) is 16.9. The van der Waals surface area contributed by atoms with E-state index in [4.69, 9.17) is 9.72 Å². The summed E-state index contributed by atoms with van der Waals surface area (Å²) in [5, 5.41) is 0.